The lowest BCUT2D eigenvalue weighted by Crippen LogP contribution is -2.47. The Labute approximate surface area is 147 Å². The Kier molecular flexibility index (Phi) is 7.87. The van der Waals surface area contributed by atoms with E-state index in [-0.39, 0.29) is 19.9 Å². The number of hydroxylamine groups is 1. The Hall–Kier alpha value is -3.14. The number of carbonyl (C=O) groups is 2. The molecule has 0 aliphatic carbocycles. The second-order valence-corrected chi connectivity index (χ2v) is 4.99. The minimum atomic E-state index is -1.02. The SMILES string of the molecule is C.N[C@H](CNC(=O)c1ccc(C#Cc2ccccc2)cc1)C(=O)NO. The zero-order chi connectivity index (χ0) is 17.4. The number of rotatable bonds is 4. The molecule has 0 fully saturated rings. The fraction of sp³-hybridized carbons (Fsp3) is 0.158. The van der Waals surface area contributed by atoms with Crippen molar-refractivity contribution in [3.63, 3.8) is 0 Å². The highest BCUT2D eigenvalue weighted by molar-refractivity contribution is 5.94. The van der Waals surface area contributed by atoms with Crippen molar-refractivity contribution < 1.29 is 14.8 Å². The molecule has 25 heavy (non-hydrogen) atoms. The maximum absolute atomic E-state index is 12.0. The van der Waals surface area contributed by atoms with E-state index in [0.717, 1.165) is 11.1 Å². The van der Waals surface area contributed by atoms with Crippen LogP contribution in [0.15, 0.2) is 54.6 Å². The molecule has 2 aromatic rings. The van der Waals surface area contributed by atoms with E-state index in [1.165, 1.54) is 5.48 Å². The van der Waals surface area contributed by atoms with E-state index < -0.39 is 11.9 Å². The van der Waals surface area contributed by atoms with Gasteiger partial charge in [0.2, 0.25) is 0 Å². The van der Waals surface area contributed by atoms with E-state index in [1.54, 1.807) is 24.3 Å². The van der Waals surface area contributed by atoms with Crippen molar-refractivity contribution in [3.8, 4) is 11.8 Å². The van der Waals surface area contributed by atoms with E-state index in [2.05, 4.69) is 17.2 Å². The van der Waals surface area contributed by atoms with Crippen LogP contribution in [-0.4, -0.2) is 29.6 Å². The lowest BCUT2D eigenvalue weighted by molar-refractivity contribution is -0.130. The van der Waals surface area contributed by atoms with Gasteiger partial charge in [-0.25, -0.2) is 5.48 Å². The van der Waals surface area contributed by atoms with Crippen LogP contribution in [-0.2, 0) is 4.79 Å². The molecule has 6 nitrogen and oxygen atoms in total. The van der Waals surface area contributed by atoms with Gasteiger partial charge in [0.1, 0.15) is 6.04 Å². The van der Waals surface area contributed by atoms with Crippen molar-refractivity contribution in [2.24, 2.45) is 5.73 Å². The van der Waals surface area contributed by atoms with Crippen LogP contribution >= 0.6 is 0 Å². The van der Waals surface area contributed by atoms with Crippen LogP contribution in [0.4, 0.5) is 0 Å². The smallest absolute Gasteiger partial charge is 0.262 e. The van der Waals surface area contributed by atoms with Crippen molar-refractivity contribution in [2.45, 2.75) is 13.5 Å². The molecule has 0 bridgehead atoms. The highest BCUT2D eigenvalue weighted by atomic mass is 16.5. The quantitative estimate of drug-likeness (QED) is 0.383. The fourth-order valence-corrected chi connectivity index (χ4v) is 1.85. The van der Waals surface area contributed by atoms with Crippen molar-refractivity contribution in [1.82, 2.24) is 10.8 Å². The molecule has 1 atom stereocenters. The second-order valence-electron chi connectivity index (χ2n) is 4.99. The molecule has 5 N–H and O–H groups in total. The van der Waals surface area contributed by atoms with Crippen molar-refractivity contribution in [1.29, 1.82) is 0 Å². The van der Waals surface area contributed by atoms with Gasteiger partial charge in [0.05, 0.1) is 0 Å². The van der Waals surface area contributed by atoms with Gasteiger partial charge in [-0.15, -0.1) is 0 Å². The Morgan fingerprint density at radius 3 is 2.12 bits per heavy atom. The van der Waals surface area contributed by atoms with Gasteiger partial charge in [-0.05, 0) is 36.4 Å². The molecule has 0 saturated carbocycles. The molecule has 6 heteroatoms. The predicted octanol–water partition coefficient (Wildman–Crippen LogP) is 1.28. The minimum Gasteiger partial charge on any atom is -0.350 e. The topological polar surface area (TPSA) is 104 Å². The standard InChI is InChI=1S/C18H17N3O3.CH4/c19-16(18(23)21-24)12-20-17(22)15-10-8-14(9-11-15)7-6-13-4-2-1-3-5-13;/h1-5,8-11,16,24H,12,19H2,(H,20,22)(H,21,23);1H4/t16-;/m1./s1. The molecule has 0 unspecified atom stereocenters. The van der Waals surface area contributed by atoms with Crippen molar-refractivity contribution in [2.75, 3.05) is 6.54 Å². The average molecular weight is 339 g/mol. The second kappa shape index (κ2) is 9.88. The summed E-state index contributed by atoms with van der Waals surface area (Å²) in [4.78, 5) is 23.0. The van der Waals surface area contributed by atoms with Gasteiger partial charge >= 0.3 is 0 Å². The largest absolute Gasteiger partial charge is 0.350 e. The zero-order valence-electron chi connectivity index (χ0n) is 12.8. The number of amides is 2. The summed E-state index contributed by atoms with van der Waals surface area (Å²) < 4.78 is 0. The van der Waals surface area contributed by atoms with Crippen LogP contribution in [0, 0.1) is 11.8 Å². The third kappa shape index (κ3) is 6.11. The Bertz CT molecular complexity index is 762. The van der Waals surface area contributed by atoms with Crippen LogP contribution in [0.5, 0.6) is 0 Å². The highest BCUT2D eigenvalue weighted by Crippen LogP contribution is 2.04. The van der Waals surface area contributed by atoms with Crippen LogP contribution < -0.4 is 16.5 Å². The summed E-state index contributed by atoms with van der Waals surface area (Å²) >= 11 is 0. The third-order valence-corrected chi connectivity index (χ3v) is 3.20. The number of nitrogens with two attached hydrogens (primary N) is 1. The Morgan fingerprint density at radius 2 is 1.56 bits per heavy atom. The van der Waals surface area contributed by atoms with E-state index in [4.69, 9.17) is 10.9 Å². The molecular weight excluding hydrogens is 318 g/mol. The van der Waals surface area contributed by atoms with E-state index in [0.29, 0.717) is 5.56 Å². The van der Waals surface area contributed by atoms with Gasteiger partial charge in [0.25, 0.3) is 11.8 Å². The summed E-state index contributed by atoms with van der Waals surface area (Å²) in [5.41, 5.74) is 9.02. The van der Waals surface area contributed by atoms with Crippen LogP contribution in [0.1, 0.15) is 28.9 Å². The molecule has 0 aromatic heterocycles. The lowest BCUT2D eigenvalue weighted by atomic mass is 10.1. The molecule has 0 aliphatic rings. The molecule has 0 saturated heterocycles. The van der Waals surface area contributed by atoms with Gasteiger partial charge in [-0.2, -0.15) is 0 Å². The van der Waals surface area contributed by atoms with Gasteiger partial charge < -0.3 is 11.1 Å². The van der Waals surface area contributed by atoms with E-state index >= 15 is 0 Å². The summed E-state index contributed by atoms with van der Waals surface area (Å²) in [6.45, 7) is -0.0825. The predicted molar refractivity (Wildman–Crippen MR) is 95.8 cm³/mol. The molecule has 0 radical (unpaired) electrons. The summed E-state index contributed by atoms with van der Waals surface area (Å²) in [6.07, 6.45) is 0. The first kappa shape index (κ1) is 19.9. The monoisotopic (exact) mass is 339 g/mol. The number of hydrogen-bond acceptors (Lipinski definition) is 4. The fourth-order valence-electron chi connectivity index (χ4n) is 1.85. The first-order valence-corrected chi connectivity index (χ1v) is 7.25. The molecule has 130 valence electrons. The maximum atomic E-state index is 12.0. The number of hydrogen-bond donors (Lipinski definition) is 4. The number of nitrogens with one attached hydrogen (secondary N) is 2. The van der Waals surface area contributed by atoms with Gasteiger partial charge in [-0.3, -0.25) is 14.8 Å². The van der Waals surface area contributed by atoms with Crippen LogP contribution in [0.3, 0.4) is 0 Å². The van der Waals surface area contributed by atoms with E-state index in [9.17, 15) is 9.59 Å². The van der Waals surface area contributed by atoms with E-state index in [1.807, 2.05) is 30.3 Å². The van der Waals surface area contributed by atoms with Crippen LogP contribution in [0.2, 0.25) is 0 Å². The Balaban J connectivity index is 0.00000312. The highest BCUT2D eigenvalue weighted by Gasteiger charge is 2.14. The molecular formula is C19H21N3O3. The molecule has 0 heterocycles. The molecule has 0 spiro atoms. The van der Waals surface area contributed by atoms with Crippen LogP contribution in [0.25, 0.3) is 0 Å². The lowest BCUT2D eigenvalue weighted by Gasteiger charge is -2.10. The molecule has 2 rings (SSSR count). The van der Waals surface area contributed by atoms with Gasteiger partial charge in [0.15, 0.2) is 0 Å². The summed E-state index contributed by atoms with van der Waals surface area (Å²) in [7, 11) is 0. The van der Waals surface area contributed by atoms with Gasteiger partial charge in [0, 0.05) is 23.2 Å². The minimum absolute atomic E-state index is 0. The summed E-state index contributed by atoms with van der Waals surface area (Å²) in [5.74, 6) is 4.93. The molecule has 0 aliphatic heterocycles. The van der Waals surface area contributed by atoms with Crippen molar-refractivity contribution in [3.05, 3.63) is 71.3 Å². The summed E-state index contributed by atoms with van der Waals surface area (Å²) in [6, 6.07) is 15.3. The van der Waals surface area contributed by atoms with Crippen molar-refractivity contribution >= 4 is 11.8 Å². The normalized spacial score (nSPS) is 10.5. The Morgan fingerprint density at radius 1 is 1.00 bits per heavy atom. The molecule has 2 aromatic carbocycles. The van der Waals surface area contributed by atoms with Gasteiger partial charge in [-0.1, -0.05) is 37.5 Å². The average Bonchev–Trinajstić information content (AvgIpc) is 2.64. The number of carbonyl (C=O) groups excluding carboxylic acids is 2. The third-order valence-electron chi connectivity index (χ3n) is 3.20. The number of benzene rings is 2. The maximum Gasteiger partial charge on any atom is 0.262 e. The first-order valence-electron chi connectivity index (χ1n) is 7.25. The zero-order valence-corrected chi connectivity index (χ0v) is 12.8. The first-order chi connectivity index (χ1) is 11.6. The summed E-state index contributed by atoms with van der Waals surface area (Å²) in [5, 5.41) is 11.0. The molecule has 2 amide bonds.